The first kappa shape index (κ1) is 13.1. The van der Waals surface area contributed by atoms with Crippen molar-refractivity contribution in [2.24, 2.45) is 0 Å². The van der Waals surface area contributed by atoms with Gasteiger partial charge in [0.2, 0.25) is 0 Å². The van der Waals surface area contributed by atoms with Crippen molar-refractivity contribution >= 4 is 0 Å². The summed E-state index contributed by atoms with van der Waals surface area (Å²) in [4.78, 5) is 4.25. The topological polar surface area (TPSA) is 52.0 Å². The molecule has 1 aromatic rings. The van der Waals surface area contributed by atoms with Crippen molar-refractivity contribution in [1.82, 2.24) is 20.1 Å². The van der Waals surface area contributed by atoms with Crippen LogP contribution in [0.1, 0.15) is 39.1 Å². The van der Waals surface area contributed by atoms with E-state index in [0.29, 0.717) is 12.1 Å². The van der Waals surface area contributed by atoms with Gasteiger partial charge in [-0.3, -0.25) is 0 Å². The van der Waals surface area contributed by atoms with Gasteiger partial charge in [0.05, 0.1) is 6.54 Å². The lowest BCUT2D eigenvalue weighted by Gasteiger charge is -2.14. The molecule has 1 aromatic heterocycles. The van der Waals surface area contributed by atoms with Gasteiger partial charge in [0.1, 0.15) is 12.2 Å². The van der Waals surface area contributed by atoms with Crippen molar-refractivity contribution < 1.29 is 4.74 Å². The molecule has 0 aliphatic carbocycles. The van der Waals surface area contributed by atoms with E-state index in [1.807, 2.05) is 4.68 Å². The van der Waals surface area contributed by atoms with Gasteiger partial charge in [-0.2, -0.15) is 5.10 Å². The minimum absolute atomic E-state index is 0.355. The monoisotopic (exact) mass is 226 g/mol. The fourth-order valence-electron chi connectivity index (χ4n) is 1.49. The quantitative estimate of drug-likeness (QED) is 0.763. The molecule has 5 heteroatoms. The number of nitrogens with one attached hydrogen (secondary N) is 1. The van der Waals surface area contributed by atoms with E-state index in [1.165, 1.54) is 0 Å². The Morgan fingerprint density at radius 3 is 2.81 bits per heavy atom. The summed E-state index contributed by atoms with van der Waals surface area (Å²) in [5.74, 6) is 0.985. The number of hydrogen-bond donors (Lipinski definition) is 1. The Kier molecular flexibility index (Phi) is 5.42. The van der Waals surface area contributed by atoms with Crippen LogP contribution in [-0.4, -0.2) is 34.5 Å². The van der Waals surface area contributed by atoms with E-state index in [2.05, 4.69) is 36.2 Å². The number of aromatic nitrogens is 3. The molecule has 0 saturated carbocycles. The molecule has 0 aliphatic heterocycles. The van der Waals surface area contributed by atoms with Crippen molar-refractivity contribution in [3.63, 3.8) is 0 Å². The summed E-state index contributed by atoms with van der Waals surface area (Å²) in [6.07, 6.45) is 2.61. The summed E-state index contributed by atoms with van der Waals surface area (Å²) in [7, 11) is 1.72. The third kappa shape index (κ3) is 3.90. The van der Waals surface area contributed by atoms with E-state index in [1.54, 1.807) is 13.4 Å². The summed E-state index contributed by atoms with van der Waals surface area (Å²) in [6, 6.07) is 0.783. The van der Waals surface area contributed by atoms with Crippen LogP contribution >= 0.6 is 0 Å². The van der Waals surface area contributed by atoms with Crippen LogP contribution in [0, 0.1) is 0 Å². The highest BCUT2D eigenvalue weighted by Crippen LogP contribution is 2.05. The molecule has 1 atom stereocenters. The highest BCUT2D eigenvalue weighted by atomic mass is 16.5. The zero-order chi connectivity index (χ0) is 12.0. The molecule has 0 bridgehead atoms. The molecular formula is C11H22N4O. The molecule has 1 unspecified atom stereocenters. The molecule has 5 nitrogen and oxygen atoms in total. The second-order valence-electron chi connectivity index (χ2n) is 4.28. The summed E-state index contributed by atoms with van der Waals surface area (Å²) >= 11 is 0. The Hall–Kier alpha value is -0.940. The average molecular weight is 226 g/mol. The lowest BCUT2D eigenvalue weighted by molar-refractivity contribution is 0.184. The van der Waals surface area contributed by atoms with E-state index in [-0.39, 0.29) is 0 Å². The lowest BCUT2D eigenvalue weighted by atomic mass is 10.2. The van der Waals surface area contributed by atoms with E-state index in [4.69, 9.17) is 4.74 Å². The molecule has 0 fully saturated rings. The van der Waals surface area contributed by atoms with E-state index >= 15 is 0 Å². The van der Waals surface area contributed by atoms with Crippen LogP contribution in [0.4, 0.5) is 0 Å². The van der Waals surface area contributed by atoms with E-state index in [9.17, 15) is 0 Å². The lowest BCUT2D eigenvalue weighted by Crippen LogP contribution is -2.28. The first-order valence-electron chi connectivity index (χ1n) is 5.75. The maximum Gasteiger partial charge on any atom is 0.141 e. The van der Waals surface area contributed by atoms with Crippen LogP contribution in [0.5, 0.6) is 0 Å². The fourth-order valence-corrected chi connectivity index (χ4v) is 1.49. The predicted octanol–water partition coefficient (Wildman–Crippen LogP) is 1.37. The Morgan fingerprint density at radius 2 is 2.19 bits per heavy atom. The van der Waals surface area contributed by atoms with Gasteiger partial charge in [-0.05, 0) is 27.2 Å². The zero-order valence-electron chi connectivity index (χ0n) is 10.6. The molecule has 1 heterocycles. The average Bonchev–Trinajstić information content (AvgIpc) is 2.71. The van der Waals surface area contributed by atoms with Crippen molar-refractivity contribution in [2.45, 2.75) is 45.8 Å². The molecule has 1 N–H and O–H groups in total. The van der Waals surface area contributed by atoms with Gasteiger partial charge in [0, 0.05) is 25.8 Å². The predicted molar refractivity (Wildman–Crippen MR) is 63.2 cm³/mol. The van der Waals surface area contributed by atoms with E-state index in [0.717, 1.165) is 25.4 Å². The molecule has 16 heavy (non-hydrogen) atoms. The molecule has 92 valence electrons. The first-order chi connectivity index (χ1) is 7.65. The smallest absolute Gasteiger partial charge is 0.141 e. The van der Waals surface area contributed by atoms with Crippen molar-refractivity contribution in [3.05, 3.63) is 12.2 Å². The highest BCUT2D eigenvalue weighted by molar-refractivity contribution is 4.86. The van der Waals surface area contributed by atoms with Crippen molar-refractivity contribution in [3.8, 4) is 0 Å². The molecule has 0 radical (unpaired) electrons. The summed E-state index contributed by atoms with van der Waals surface area (Å²) in [6.45, 7) is 7.89. The third-order valence-electron chi connectivity index (χ3n) is 2.50. The van der Waals surface area contributed by atoms with Crippen molar-refractivity contribution in [1.29, 1.82) is 0 Å². The Balaban J connectivity index is 2.39. The van der Waals surface area contributed by atoms with Crippen LogP contribution in [-0.2, 0) is 11.3 Å². The number of ether oxygens (including phenoxy) is 1. The number of nitrogens with zero attached hydrogens (tertiary/aromatic N) is 3. The van der Waals surface area contributed by atoms with Gasteiger partial charge >= 0.3 is 0 Å². The van der Waals surface area contributed by atoms with Crippen LogP contribution in [0.25, 0.3) is 0 Å². The standard InChI is InChI=1S/C11H22N4O/c1-9(2)15-11(13-8-14-15)7-12-10(3)5-6-16-4/h8-10,12H,5-7H2,1-4H3. The number of rotatable bonds is 7. The maximum atomic E-state index is 5.04. The Bertz CT molecular complexity index is 298. The molecule has 1 rings (SSSR count). The first-order valence-corrected chi connectivity index (χ1v) is 5.75. The number of methoxy groups -OCH3 is 1. The minimum Gasteiger partial charge on any atom is -0.385 e. The fraction of sp³-hybridized carbons (Fsp3) is 0.818. The van der Waals surface area contributed by atoms with Gasteiger partial charge in [-0.15, -0.1) is 0 Å². The molecule has 0 aromatic carbocycles. The Labute approximate surface area is 97.2 Å². The molecular weight excluding hydrogens is 204 g/mol. The molecule has 0 saturated heterocycles. The molecule has 0 spiro atoms. The second-order valence-corrected chi connectivity index (χ2v) is 4.28. The summed E-state index contributed by atoms with van der Waals surface area (Å²) in [5, 5.41) is 7.61. The highest BCUT2D eigenvalue weighted by Gasteiger charge is 2.08. The number of hydrogen-bond acceptors (Lipinski definition) is 4. The van der Waals surface area contributed by atoms with Gasteiger partial charge < -0.3 is 10.1 Å². The normalized spacial score (nSPS) is 13.3. The SMILES string of the molecule is COCCC(C)NCc1ncnn1C(C)C. The third-order valence-corrected chi connectivity index (χ3v) is 2.50. The van der Waals surface area contributed by atoms with Crippen molar-refractivity contribution in [2.75, 3.05) is 13.7 Å². The molecule has 0 amide bonds. The minimum atomic E-state index is 0.355. The van der Waals surface area contributed by atoms with Crippen LogP contribution in [0.2, 0.25) is 0 Å². The second kappa shape index (κ2) is 6.60. The maximum absolute atomic E-state index is 5.04. The van der Waals surface area contributed by atoms with Crippen LogP contribution in [0.3, 0.4) is 0 Å². The molecule has 0 aliphatic rings. The Morgan fingerprint density at radius 1 is 1.44 bits per heavy atom. The van der Waals surface area contributed by atoms with E-state index < -0.39 is 0 Å². The van der Waals surface area contributed by atoms with Gasteiger partial charge in [0.25, 0.3) is 0 Å². The van der Waals surface area contributed by atoms with Gasteiger partial charge in [-0.1, -0.05) is 0 Å². The van der Waals surface area contributed by atoms with Crippen LogP contribution < -0.4 is 5.32 Å². The zero-order valence-corrected chi connectivity index (χ0v) is 10.6. The van der Waals surface area contributed by atoms with Gasteiger partial charge in [0.15, 0.2) is 0 Å². The largest absolute Gasteiger partial charge is 0.385 e. The summed E-state index contributed by atoms with van der Waals surface area (Å²) in [5.41, 5.74) is 0. The van der Waals surface area contributed by atoms with Crippen LogP contribution in [0.15, 0.2) is 6.33 Å². The van der Waals surface area contributed by atoms with Gasteiger partial charge in [-0.25, -0.2) is 9.67 Å². The summed E-state index contributed by atoms with van der Waals surface area (Å²) < 4.78 is 6.98.